The number of carbonyl (C=O) groups excluding carboxylic acids is 2. The minimum absolute atomic E-state index is 0.0447. The van der Waals surface area contributed by atoms with Gasteiger partial charge in [-0.25, -0.2) is 12.8 Å². The summed E-state index contributed by atoms with van der Waals surface area (Å²) in [4.78, 5) is 29.4. The van der Waals surface area contributed by atoms with Gasteiger partial charge in [0.1, 0.15) is 24.2 Å². The molecule has 46 heavy (non-hydrogen) atoms. The lowest BCUT2D eigenvalue weighted by atomic mass is 10.0. The summed E-state index contributed by atoms with van der Waals surface area (Å²) >= 11 is 3.48. The van der Waals surface area contributed by atoms with Gasteiger partial charge in [-0.3, -0.25) is 13.9 Å². The van der Waals surface area contributed by atoms with Crippen molar-refractivity contribution in [1.29, 1.82) is 0 Å². The van der Waals surface area contributed by atoms with Crippen molar-refractivity contribution >= 4 is 43.5 Å². The number of amides is 2. The van der Waals surface area contributed by atoms with Gasteiger partial charge in [0, 0.05) is 24.0 Å². The van der Waals surface area contributed by atoms with Crippen LogP contribution in [0.15, 0.2) is 112 Å². The quantitative estimate of drug-likeness (QED) is 0.155. The minimum atomic E-state index is -4.35. The predicted molar refractivity (Wildman–Crippen MR) is 180 cm³/mol. The van der Waals surface area contributed by atoms with Crippen molar-refractivity contribution in [3.8, 4) is 5.75 Å². The lowest BCUT2D eigenvalue weighted by molar-refractivity contribution is -0.140. The van der Waals surface area contributed by atoms with E-state index in [0.29, 0.717) is 25.3 Å². The predicted octanol–water partition coefficient (Wildman–Crippen LogP) is 6.35. The second-order valence-electron chi connectivity index (χ2n) is 10.5. The van der Waals surface area contributed by atoms with Gasteiger partial charge in [0.15, 0.2) is 0 Å². The number of nitrogens with zero attached hydrogens (tertiary/aromatic N) is 2. The normalized spacial score (nSPS) is 11.8. The molecule has 242 valence electrons. The highest BCUT2D eigenvalue weighted by Crippen LogP contribution is 2.27. The van der Waals surface area contributed by atoms with E-state index in [1.165, 1.54) is 4.90 Å². The first-order valence-electron chi connectivity index (χ1n) is 15.0. The van der Waals surface area contributed by atoms with Crippen LogP contribution < -0.4 is 14.4 Å². The van der Waals surface area contributed by atoms with E-state index in [2.05, 4.69) is 21.2 Å². The maximum Gasteiger partial charge on any atom is 0.264 e. The fourth-order valence-electron chi connectivity index (χ4n) is 4.89. The fraction of sp³-hybridized carbons (Fsp3) is 0.257. The summed E-state index contributed by atoms with van der Waals surface area (Å²) < 4.78 is 49.2. The third-order valence-electron chi connectivity index (χ3n) is 7.18. The monoisotopic (exact) mass is 709 g/mol. The van der Waals surface area contributed by atoms with E-state index < -0.39 is 34.3 Å². The van der Waals surface area contributed by atoms with Gasteiger partial charge < -0.3 is 15.0 Å². The van der Waals surface area contributed by atoms with Crippen LogP contribution >= 0.6 is 15.9 Å². The number of hydrogen-bond acceptors (Lipinski definition) is 5. The van der Waals surface area contributed by atoms with E-state index >= 15 is 0 Å². The Kier molecular flexibility index (Phi) is 12.3. The van der Waals surface area contributed by atoms with Crippen LogP contribution in [0.5, 0.6) is 5.75 Å². The zero-order valence-electron chi connectivity index (χ0n) is 25.7. The molecule has 4 rings (SSSR count). The Bertz CT molecular complexity index is 1700. The maximum atomic E-state index is 14.5. The first kappa shape index (κ1) is 34.6. The third kappa shape index (κ3) is 9.17. The zero-order chi connectivity index (χ0) is 33.1. The number of rotatable bonds is 15. The number of hydrogen-bond donors (Lipinski definition) is 1. The zero-order valence-corrected chi connectivity index (χ0v) is 28.1. The molecule has 4 aromatic carbocycles. The summed E-state index contributed by atoms with van der Waals surface area (Å²) in [7, 11) is -4.35. The van der Waals surface area contributed by atoms with Gasteiger partial charge in [-0.1, -0.05) is 65.3 Å². The molecule has 0 unspecified atom stereocenters. The molecule has 0 aliphatic rings. The maximum absolute atomic E-state index is 14.5. The van der Waals surface area contributed by atoms with Crippen molar-refractivity contribution < 1.29 is 27.1 Å². The molecule has 0 saturated heterocycles. The van der Waals surface area contributed by atoms with E-state index in [4.69, 9.17) is 4.74 Å². The average molecular weight is 711 g/mol. The molecule has 4 aromatic rings. The standard InChI is InChI=1S/C35H37BrFN3O5S/c1-3-21-38-35(42)33(23-26-9-6-5-7-10-26)39(24-27-11-8-12-28(36)22-27)34(41)25-40(30-15-17-31(18-16-30)45-4-2)46(43,44)32-19-13-29(37)14-20-32/h5-20,22,33H,3-4,21,23-25H2,1-2H3,(H,38,42)/t33-/m1/s1. The van der Waals surface area contributed by atoms with Crippen molar-refractivity contribution in [2.75, 3.05) is 24.0 Å². The minimum Gasteiger partial charge on any atom is -0.494 e. The van der Waals surface area contributed by atoms with Crippen LogP contribution in [0.4, 0.5) is 10.1 Å². The van der Waals surface area contributed by atoms with E-state index in [-0.39, 0.29) is 29.5 Å². The molecule has 0 aliphatic heterocycles. The molecule has 0 saturated carbocycles. The highest BCUT2D eigenvalue weighted by Gasteiger charge is 2.34. The Morgan fingerprint density at radius 3 is 2.20 bits per heavy atom. The van der Waals surface area contributed by atoms with Gasteiger partial charge in [0.2, 0.25) is 11.8 Å². The number of carbonyl (C=O) groups is 2. The summed E-state index contributed by atoms with van der Waals surface area (Å²) in [6, 6.07) is 26.5. The number of anilines is 1. The van der Waals surface area contributed by atoms with Crippen LogP contribution in [0, 0.1) is 5.82 Å². The molecule has 11 heteroatoms. The second-order valence-corrected chi connectivity index (χ2v) is 13.3. The van der Waals surface area contributed by atoms with Gasteiger partial charge in [-0.2, -0.15) is 0 Å². The van der Waals surface area contributed by atoms with E-state index in [0.717, 1.165) is 44.2 Å². The van der Waals surface area contributed by atoms with Gasteiger partial charge in [-0.15, -0.1) is 0 Å². The first-order chi connectivity index (χ1) is 22.1. The number of benzene rings is 4. The Morgan fingerprint density at radius 2 is 1.57 bits per heavy atom. The van der Waals surface area contributed by atoms with E-state index in [9.17, 15) is 22.4 Å². The number of nitrogens with one attached hydrogen (secondary N) is 1. The van der Waals surface area contributed by atoms with Crippen LogP contribution in [-0.2, 0) is 32.6 Å². The van der Waals surface area contributed by atoms with Crippen molar-refractivity contribution in [3.63, 3.8) is 0 Å². The van der Waals surface area contributed by atoms with Crippen LogP contribution in [-0.4, -0.2) is 50.9 Å². The van der Waals surface area contributed by atoms with Crippen molar-refractivity contribution in [3.05, 3.63) is 125 Å². The van der Waals surface area contributed by atoms with Gasteiger partial charge >= 0.3 is 0 Å². The van der Waals surface area contributed by atoms with Crippen LogP contribution in [0.2, 0.25) is 0 Å². The molecule has 2 amide bonds. The Hall–Kier alpha value is -4.22. The van der Waals surface area contributed by atoms with Gasteiger partial charge in [0.05, 0.1) is 17.2 Å². The summed E-state index contributed by atoms with van der Waals surface area (Å²) in [6.07, 6.45) is 0.911. The summed E-state index contributed by atoms with van der Waals surface area (Å²) in [6.45, 7) is 4.03. The van der Waals surface area contributed by atoms with Crippen LogP contribution in [0.25, 0.3) is 0 Å². The first-order valence-corrected chi connectivity index (χ1v) is 17.2. The molecule has 1 atom stereocenters. The van der Waals surface area contributed by atoms with Gasteiger partial charge in [0.25, 0.3) is 10.0 Å². The molecule has 0 fully saturated rings. The molecule has 0 bridgehead atoms. The average Bonchev–Trinajstić information content (AvgIpc) is 3.05. The smallest absolute Gasteiger partial charge is 0.264 e. The molecule has 1 N–H and O–H groups in total. The third-order valence-corrected chi connectivity index (χ3v) is 9.46. The fourth-order valence-corrected chi connectivity index (χ4v) is 6.75. The molecule has 0 heterocycles. The molecule has 0 radical (unpaired) electrons. The molecular formula is C35H37BrFN3O5S. The summed E-state index contributed by atoms with van der Waals surface area (Å²) in [5.74, 6) is -0.997. The lowest BCUT2D eigenvalue weighted by Gasteiger charge is -2.34. The van der Waals surface area contributed by atoms with Crippen molar-refractivity contribution in [2.45, 2.75) is 44.2 Å². The molecule has 0 spiro atoms. The molecule has 0 aromatic heterocycles. The number of sulfonamides is 1. The topological polar surface area (TPSA) is 96.0 Å². The van der Waals surface area contributed by atoms with Gasteiger partial charge in [-0.05, 0) is 85.1 Å². The molecular weight excluding hydrogens is 673 g/mol. The SMILES string of the molecule is CCCNC(=O)[C@@H](Cc1ccccc1)N(Cc1cccc(Br)c1)C(=O)CN(c1ccc(OCC)cc1)S(=O)(=O)c1ccc(F)cc1. The number of ether oxygens (including phenoxy) is 1. The van der Waals surface area contributed by atoms with Crippen molar-refractivity contribution in [2.24, 2.45) is 0 Å². The highest BCUT2D eigenvalue weighted by molar-refractivity contribution is 9.10. The Balaban J connectivity index is 1.79. The second kappa shape index (κ2) is 16.4. The van der Waals surface area contributed by atoms with Crippen LogP contribution in [0.3, 0.4) is 0 Å². The lowest BCUT2D eigenvalue weighted by Crippen LogP contribution is -2.53. The van der Waals surface area contributed by atoms with E-state index in [1.807, 2.05) is 68.4 Å². The Labute approximate surface area is 278 Å². The Morgan fingerprint density at radius 1 is 0.891 bits per heavy atom. The highest BCUT2D eigenvalue weighted by atomic mass is 79.9. The summed E-state index contributed by atoms with van der Waals surface area (Å²) in [5.41, 5.74) is 1.80. The van der Waals surface area contributed by atoms with E-state index in [1.54, 1.807) is 24.3 Å². The van der Waals surface area contributed by atoms with Crippen molar-refractivity contribution in [1.82, 2.24) is 10.2 Å². The number of halogens is 2. The molecule has 8 nitrogen and oxygen atoms in total. The molecule has 0 aliphatic carbocycles. The largest absolute Gasteiger partial charge is 0.494 e. The summed E-state index contributed by atoms with van der Waals surface area (Å²) in [5, 5.41) is 2.93. The van der Waals surface area contributed by atoms with Crippen LogP contribution in [0.1, 0.15) is 31.4 Å².